The second kappa shape index (κ2) is 7.85. The van der Waals surface area contributed by atoms with Gasteiger partial charge in [0.1, 0.15) is 5.82 Å². The monoisotopic (exact) mass is 278 g/mol. The molecule has 0 aliphatic carbocycles. The van der Waals surface area contributed by atoms with Crippen molar-refractivity contribution < 1.29 is 0 Å². The Labute approximate surface area is 125 Å². The van der Waals surface area contributed by atoms with Gasteiger partial charge >= 0.3 is 0 Å². The fraction of sp³-hybridized carbons (Fsp3) is 0.833. The molecule has 0 aromatic carbocycles. The van der Waals surface area contributed by atoms with Crippen LogP contribution in [0, 0.1) is 0 Å². The zero-order valence-corrected chi connectivity index (χ0v) is 14.5. The molecule has 0 saturated carbocycles. The smallest absolute Gasteiger partial charge is 0.106 e. The molecule has 2 nitrogen and oxygen atoms in total. The Hall–Kier alpha value is -0.790. The number of unbranched alkanes of at least 4 members (excludes halogenated alkanes) is 1. The van der Waals surface area contributed by atoms with Gasteiger partial charge in [-0.2, -0.15) is 0 Å². The standard InChI is InChI=1S/C18H34N2/c1-7-10-12-15-19-16(14(4)11-8-2)17(20-15)18(5,6)13-9-3/h14H,7-13H2,1-6H3,(H,19,20). The lowest BCUT2D eigenvalue weighted by Gasteiger charge is -2.25. The number of aromatic nitrogens is 2. The van der Waals surface area contributed by atoms with Crippen molar-refractivity contribution in [3.8, 4) is 0 Å². The Kier molecular flexibility index (Phi) is 6.78. The molecule has 1 rings (SSSR count). The van der Waals surface area contributed by atoms with E-state index < -0.39 is 0 Å². The van der Waals surface area contributed by atoms with E-state index in [1.807, 2.05) is 0 Å². The van der Waals surface area contributed by atoms with Crippen molar-refractivity contribution in [1.29, 1.82) is 0 Å². The van der Waals surface area contributed by atoms with Gasteiger partial charge in [-0.05, 0) is 25.2 Å². The fourth-order valence-corrected chi connectivity index (χ4v) is 3.09. The molecule has 1 aromatic rings. The van der Waals surface area contributed by atoms with Crippen LogP contribution in [0.2, 0.25) is 0 Å². The molecule has 0 bridgehead atoms. The number of nitrogens with zero attached hydrogens (tertiary/aromatic N) is 1. The summed E-state index contributed by atoms with van der Waals surface area (Å²) in [4.78, 5) is 8.64. The third kappa shape index (κ3) is 4.36. The molecule has 1 heterocycles. The van der Waals surface area contributed by atoms with Crippen molar-refractivity contribution in [2.24, 2.45) is 0 Å². The van der Waals surface area contributed by atoms with Gasteiger partial charge in [-0.25, -0.2) is 4.98 Å². The summed E-state index contributed by atoms with van der Waals surface area (Å²) in [6, 6.07) is 0. The van der Waals surface area contributed by atoms with Crippen LogP contribution < -0.4 is 0 Å². The van der Waals surface area contributed by atoms with Crippen molar-refractivity contribution in [3.05, 3.63) is 17.2 Å². The quantitative estimate of drug-likeness (QED) is 0.613. The first kappa shape index (κ1) is 17.3. The van der Waals surface area contributed by atoms with Crippen LogP contribution in [-0.4, -0.2) is 9.97 Å². The normalized spacial score (nSPS) is 13.7. The molecule has 0 spiro atoms. The Balaban J connectivity index is 3.07. The van der Waals surface area contributed by atoms with Gasteiger partial charge < -0.3 is 4.98 Å². The first-order chi connectivity index (χ1) is 9.46. The number of imidazole rings is 1. The highest BCUT2D eigenvalue weighted by atomic mass is 14.9. The predicted octanol–water partition coefficient (Wildman–Crippen LogP) is 5.73. The lowest BCUT2D eigenvalue weighted by molar-refractivity contribution is 0.451. The van der Waals surface area contributed by atoms with E-state index in [9.17, 15) is 0 Å². The van der Waals surface area contributed by atoms with E-state index in [2.05, 4.69) is 46.5 Å². The zero-order chi connectivity index (χ0) is 15.2. The third-order valence-corrected chi connectivity index (χ3v) is 4.28. The number of nitrogens with one attached hydrogen (secondary N) is 1. The van der Waals surface area contributed by atoms with Gasteiger partial charge in [0.05, 0.1) is 5.69 Å². The van der Waals surface area contributed by atoms with Gasteiger partial charge in [0.25, 0.3) is 0 Å². The van der Waals surface area contributed by atoms with E-state index in [1.165, 1.54) is 55.7 Å². The van der Waals surface area contributed by atoms with Crippen LogP contribution in [-0.2, 0) is 11.8 Å². The summed E-state index contributed by atoms with van der Waals surface area (Å²) in [5.74, 6) is 1.79. The van der Waals surface area contributed by atoms with Crippen LogP contribution in [0.15, 0.2) is 0 Å². The number of aromatic amines is 1. The van der Waals surface area contributed by atoms with Crippen LogP contribution in [0.3, 0.4) is 0 Å². The van der Waals surface area contributed by atoms with Gasteiger partial charge in [0.15, 0.2) is 0 Å². The topological polar surface area (TPSA) is 28.7 Å². The van der Waals surface area contributed by atoms with Crippen LogP contribution in [0.5, 0.6) is 0 Å². The van der Waals surface area contributed by atoms with Gasteiger partial charge in [-0.15, -0.1) is 0 Å². The Morgan fingerprint density at radius 3 is 2.35 bits per heavy atom. The highest BCUT2D eigenvalue weighted by Gasteiger charge is 2.28. The molecule has 116 valence electrons. The van der Waals surface area contributed by atoms with Gasteiger partial charge in [0.2, 0.25) is 0 Å². The van der Waals surface area contributed by atoms with Crippen molar-refractivity contribution in [2.45, 2.75) is 97.8 Å². The maximum atomic E-state index is 4.99. The average molecular weight is 278 g/mol. The highest BCUT2D eigenvalue weighted by Crippen LogP contribution is 2.34. The fourth-order valence-electron chi connectivity index (χ4n) is 3.09. The predicted molar refractivity (Wildman–Crippen MR) is 88.5 cm³/mol. The summed E-state index contributed by atoms with van der Waals surface area (Å²) in [6.07, 6.45) is 8.44. The van der Waals surface area contributed by atoms with E-state index >= 15 is 0 Å². The van der Waals surface area contributed by atoms with E-state index in [0.717, 1.165) is 6.42 Å². The van der Waals surface area contributed by atoms with E-state index in [0.29, 0.717) is 5.92 Å². The molecule has 0 saturated heterocycles. The lowest BCUT2D eigenvalue weighted by atomic mass is 9.81. The number of rotatable bonds is 9. The van der Waals surface area contributed by atoms with E-state index in [-0.39, 0.29) is 5.41 Å². The largest absolute Gasteiger partial charge is 0.345 e. The second-order valence-electron chi connectivity index (χ2n) is 6.87. The minimum atomic E-state index is 0.188. The SMILES string of the molecule is CCCCc1nc(C(C)(C)CCC)c(C(C)CCC)[nH]1. The Bertz CT molecular complexity index is 390. The molecule has 1 atom stereocenters. The molecular weight excluding hydrogens is 244 g/mol. The van der Waals surface area contributed by atoms with Gasteiger partial charge in [-0.3, -0.25) is 0 Å². The van der Waals surface area contributed by atoms with Crippen molar-refractivity contribution >= 4 is 0 Å². The number of H-pyrrole nitrogens is 1. The van der Waals surface area contributed by atoms with Crippen LogP contribution in [0.1, 0.15) is 103 Å². The Morgan fingerprint density at radius 1 is 1.10 bits per heavy atom. The molecule has 0 radical (unpaired) electrons. The Morgan fingerprint density at radius 2 is 1.80 bits per heavy atom. The molecular formula is C18H34N2. The first-order valence-electron chi connectivity index (χ1n) is 8.55. The number of aryl methyl sites for hydroxylation is 1. The molecule has 0 fully saturated rings. The summed E-state index contributed by atoms with van der Waals surface area (Å²) in [5.41, 5.74) is 2.91. The summed E-state index contributed by atoms with van der Waals surface area (Å²) in [7, 11) is 0. The van der Waals surface area contributed by atoms with Crippen molar-refractivity contribution in [2.75, 3.05) is 0 Å². The molecule has 1 unspecified atom stereocenters. The molecule has 2 heteroatoms. The molecule has 0 amide bonds. The maximum Gasteiger partial charge on any atom is 0.106 e. The maximum absolute atomic E-state index is 4.99. The van der Waals surface area contributed by atoms with E-state index in [1.54, 1.807) is 0 Å². The minimum Gasteiger partial charge on any atom is -0.345 e. The lowest BCUT2D eigenvalue weighted by Crippen LogP contribution is -2.20. The summed E-state index contributed by atoms with van der Waals surface area (Å²) in [5, 5.41) is 0. The van der Waals surface area contributed by atoms with E-state index in [4.69, 9.17) is 4.98 Å². The van der Waals surface area contributed by atoms with Crippen LogP contribution in [0.25, 0.3) is 0 Å². The van der Waals surface area contributed by atoms with Gasteiger partial charge in [0, 0.05) is 17.5 Å². The summed E-state index contributed by atoms with van der Waals surface area (Å²) >= 11 is 0. The minimum absolute atomic E-state index is 0.188. The molecule has 20 heavy (non-hydrogen) atoms. The van der Waals surface area contributed by atoms with Gasteiger partial charge in [-0.1, -0.05) is 60.8 Å². The molecule has 0 aliphatic heterocycles. The highest BCUT2D eigenvalue weighted by molar-refractivity contribution is 5.26. The number of hydrogen-bond acceptors (Lipinski definition) is 1. The average Bonchev–Trinajstić information content (AvgIpc) is 2.81. The summed E-state index contributed by atoms with van der Waals surface area (Å²) < 4.78 is 0. The third-order valence-electron chi connectivity index (χ3n) is 4.28. The molecule has 1 aromatic heterocycles. The zero-order valence-electron chi connectivity index (χ0n) is 14.5. The van der Waals surface area contributed by atoms with Crippen molar-refractivity contribution in [1.82, 2.24) is 9.97 Å². The molecule has 0 aliphatic rings. The number of hydrogen-bond donors (Lipinski definition) is 1. The second-order valence-corrected chi connectivity index (χ2v) is 6.87. The first-order valence-corrected chi connectivity index (χ1v) is 8.55. The van der Waals surface area contributed by atoms with Crippen LogP contribution in [0.4, 0.5) is 0 Å². The van der Waals surface area contributed by atoms with Crippen LogP contribution >= 0.6 is 0 Å². The summed E-state index contributed by atoms with van der Waals surface area (Å²) in [6.45, 7) is 13.8. The molecule has 1 N–H and O–H groups in total. The van der Waals surface area contributed by atoms with Crippen molar-refractivity contribution in [3.63, 3.8) is 0 Å².